The van der Waals surface area contributed by atoms with Crippen molar-refractivity contribution in [2.45, 2.75) is 39.3 Å². The lowest BCUT2D eigenvalue weighted by Crippen LogP contribution is -2.36. The summed E-state index contributed by atoms with van der Waals surface area (Å²) in [5.41, 5.74) is 0.650. The Bertz CT molecular complexity index is 484. The Hall–Kier alpha value is -1.62. The van der Waals surface area contributed by atoms with Gasteiger partial charge in [-0.25, -0.2) is 4.79 Å². The lowest BCUT2D eigenvalue weighted by atomic mass is 10.1. The average Bonchev–Trinajstić information content (AvgIpc) is 2.86. The molecule has 2 rings (SSSR count). The van der Waals surface area contributed by atoms with Gasteiger partial charge in [0.25, 0.3) is 0 Å². The van der Waals surface area contributed by atoms with Gasteiger partial charge in [-0.05, 0) is 52.3 Å². The molecule has 1 saturated heterocycles. The summed E-state index contributed by atoms with van der Waals surface area (Å²) in [6, 6.07) is 5.98. The molecule has 1 aromatic heterocycles. The van der Waals surface area contributed by atoms with Crippen LogP contribution in [0.3, 0.4) is 0 Å². The van der Waals surface area contributed by atoms with Crippen LogP contribution in [0.2, 0.25) is 0 Å². The third-order valence-corrected chi connectivity index (χ3v) is 3.67. The Labute approximate surface area is 133 Å². The first kappa shape index (κ1) is 16.7. The van der Waals surface area contributed by atoms with Gasteiger partial charge in [0, 0.05) is 32.4 Å². The maximum absolute atomic E-state index is 12.1. The van der Waals surface area contributed by atoms with Crippen LogP contribution in [0.25, 0.3) is 0 Å². The highest BCUT2D eigenvalue weighted by Crippen LogP contribution is 2.20. The smallest absolute Gasteiger partial charge is 0.410 e. The van der Waals surface area contributed by atoms with E-state index < -0.39 is 5.60 Å². The number of likely N-dealkylation sites (tertiary alicyclic amines) is 1. The highest BCUT2D eigenvalue weighted by atomic mass is 16.6. The summed E-state index contributed by atoms with van der Waals surface area (Å²) in [6.45, 7) is 9.08. The first-order valence-electron chi connectivity index (χ1n) is 7.90. The van der Waals surface area contributed by atoms with Crippen molar-refractivity contribution in [2.75, 3.05) is 26.7 Å². The molecular formula is C17H27N3O2. The molecule has 5 nitrogen and oxygen atoms in total. The monoisotopic (exact) mass is 305 g/mol. The van der Waals surface area contributed by atoms with Gasteiger partial charge in [0.1, 0.15) is 5.60 Å². The van der Waals surface area contributed by atoms with Gasteiger partial charge in [-0.1, -0.05) is 6.07 Å². The number of amides is 1. The van der Waals surface area contributed by atoms with Gasteiger partial charge in [-0.2, -0.15) is 0 Å². The van der Waals surface area contributed by atoms with Crippen molar-refractivity contribution in [2.24, 2.45) is 5.92 Å². The largest absolute Gasteiger partial charge is 0.444 e. The van der Waals surface area contributed by atoms with Crippen LogP contribution in [0.5, 0.6) is 0 Å². The minimum atomic E-state index is -0.426. The van der Waals surface area contributed by atoms with E-state index in [0.717, 1.165) is 38.3 Å². The van der Waals surface area contributed by atoms with Gasteiger partial charge in [0.05, 0.1) is 5.69 Å². The summed E-state index contributed by atoms with van der Waals surface area (Å²) in [5.74, 6) is 0.501. The van der Waals surface area contributed by atoms with Crippen LogP contribution < -0.4 is 0 Å². The summed E-state index contributed by atoms with van der Waals surface area (Å²) in [6.07, 6.45) is 2.66. The number of pyridine rings is 1. The summed E-state index contributed by atoms with van der Waals surface area (Å²) >= 11 is 0. The normalized spacial score (nSPS) is 18.8. The van der Waals surface area contributed by atoms with E-state index in [1.54, 1.807) is 0 Å². The summed E-state index contributed by atoms with van der Waals surface area (Å²) in [7, 11) is 2.10. The zero-order valence-electron chi connectivity index (χ0n) is 14.1. The number of carbonyl (C=O) groups excluding carboxylic acids is 1. The van der Waals surface area contributed by atoms with Crippen LogP contribution >= 0.6 is 0 Å². The van der Waals surface area contributed by atoms with E-state index >= 15 is 0 Å². The lowest BCUT2D eigenvalue weighted by molar-refractivity contribution is 0.0285. The molecule has 1 aromatic rings. The molecule has 5 heteroatoms. The zero-order chi connectivity index (χ0) is 16.2. The van der Waals surface area contributed by atoms with Crippen LogP contribution in [0.4, 0.5) is 4.79 Å². The molecule has 1 fully saturated rings. The molecule has 0 spiro atoms. The first-order chi connectivity index (χ1) is 10.3. The average molecular weight is 305 g/mol. The van der Waals surface area contributed by atoms with Crippen molar-refractivity contribution in [1.29, 1.82) is 0 Å². The van der Waals surface area contributed by atoms with Crippen molar-refractivity contribution >= 4 is 6.09 Å². The molecule has 0 N–H and O–H groups in total. The fourth-order valence-corrected chi connectivity index (χ4v) is 2.75. The number of hydrogen-bond donors (Lipinski definition) is 0. The van der Waals surface area contributed by atoms with Crippen molar-refractivity contribution in [3.63, 3.8) is 0 Å². The Morgan fingerprint density at radius 1 is 1.45 bits per heavy atom. The summed E-state index contributed by atoms with van der Waals surface area (Å²) < 4.78 is 5.43. The van der Waals surface area contributed by atoms with E-state index in [1.165, 1.54) is 0 Å². The van der Waals surface area contributed by atoms with Crippen molar-refractivity contribution in [3.8, 4) is 0 Å². The fourth-order valence-electron chi connectivity index (χ4n) is 2.75. The predicted octanol–water partition coefficient (Wildman–Crippen LogP) is 2.77. The quantitative estimate of drug-likeness (QED) is 0.858. The van der Waals surface area contributed by atoms with Gasteiger partial charge in [-0.3, -0.25) is 4.98 Å². The Balaban J connectivity index is 1.77. The minimum absolute atomic E-state index is 0.192. The summed E-state index contributed by atoms with van der Waals surface area (Å²) in [4.78, 5) is 20.5. The Kier molecular flexibility index (Phi) is 5.40. The topological polar surface area (TPSA) is 45.7 Å². The second kappa shape index (κ2) is 7.09. The zero-order valence-corrected chi connectivity index (χ0v) is 14.1. The first-order valence-corrected chi connectivity index (χ1v) is 7.90. The minimum Gasteiger partial charge on any atom is -0.444 e. The molecule has 2 heterocycles. The Morgan fingerprint density at radius 3 is 2.86 bits per heavy atom. The van der Waals surface area contributed by atoms with Gasteiger partial charge in [0.15, 0.2) is 0 Å². The van der Waals surface area contributed by atoms with Crippen LogP contribution in [0, 0.1) is 5.92 Å². The molecule has 0 aliphatic carbocycles. The third-order valence-electron chi connectivity index (χ3n) is 3.67. The number of carbonyl (C=O) groups is 1. The van der Waals surface area contributed by atoms with E-state index in [4.69, 9.17) is 4.74 Å². The van der Waals surface area contributed by atoms with Gasteiger partial charge >= 0.3 is 6.09 Å². The molecule has 1 amide bonds. The summed E-state index contributed by atoms with van der Waals surface area (Å²) in [5, 5.41) is 0. The maximum atomic E-state index is 12.1. The molecule has 0 radical (unpaired) electrons. The highest BCUT2D eigenvalue weighted by molar-refractivity contribution is 5.68. The molecule has 1 aliphatic rings. The van der Waals surface area contributed by atoms with Gasteiger partial charge in [-0.15, -0.1) is 0 Å². The molecule has 0 bridgehead atoms. The number of nitrogens with zero attached hydrogens (tertiary/aromatic N) is 3. The molecule has 22 heavy (non-hydrogen) atoms. The standard InChI is InChI=1S/C17H27N3O2/c1-17(2,3)22-16(21)20-10-8-14(12-20)11-19(4)13-15-7-5-6-9-18-15/h5-7,9,14H,8,10-13H2,1-4H3/t14-/m1/s1. The second-order valence-electron chi connectivity index (χ2n) is 7.10. The van der Waals surface area contributed by atoms with E-state index in [9.17, 15) is 4.79 Å². The third kappa shape index (κ3) is 5.30. The predicted molar refractivity (Wildman–Crippen MR) is 86.5 cm³/mol. The highest BCUT2D eigenvalue weighted by Gasteiger charge is 2.30. The van der Waals surface area contributed by atoms with Crippen LogP contribution in [-0.4, -0.2) is 53.2 Å². The molecule has 0 saturated carbocycles. The van der Waals surface area contributed by atoms with E-state index in [0.29, 0.717) is 5.92 Å². The van der Waals surface area contributed by atoms with E-state index in [1.807, 2.05) is 50.1 Å². The number of hydrogen-bond acceptors (Lipinski definition) is 4. The molecular weight excluding hydrogens is 278 g/mol. The van der Waals surface area contributed by atoms with E-state index in [-0.39, 0.29) is 6.09 Å². The molecule has 1 aliphatic heterocycles. The number of ether oxygens (including phenoxy) is 1. The van der Waals surface area contributed by atoms with Crippen LogP contribution in [-0.2, 0) is 11.3 Å². The Morgan fingerprint density at radius 2 is 2.23 bits per heavy atom. The van der Waals surface area contributed by atoms with Crippen LogP contribution in [0.1, 0.15) is 32.9 Å². The number of rotatable bonds is 4. The molecule has 122 valence electrons. The molecule has 0 aromatic carbocycles. The maximum Gasteiger partial charge on any atom is 0.410 e. The van der Waals surface area contributed by atoms with Crippen molar-refractivity contribution in [3.05, 3.63) is 30.1 Å². The van der Waals surface area contributed by atoms with Crippen LogP contribution in [0.15, 0.2) is 24.4 Å². The fraction of sp³-hybridized carbons (Fsp3) is 0.647. The lowest BCUT2D eigenvalue weighted by Gasteiger charge is -2.25. The van der Waals surface area contributed by atoms with Gasteiger partial charge in [0.2, 0.25) is 0 Å². The molecule has 0 unspecified atom stereocenters. The SMILES string of the molecule is CN(Cc1ccccn1)C[C@H]1CCN(C(=O)OC(C)(C)C)C1. The molecule has 1 atom stereocenters. The van der Waals surface area contributed by atoms with Crippen molar-refractivity contribution < 1.29 is 9.53 Å². The van der Waals surface area contributed by atoms with Gasteiger partial charge < -0.3 is 14.5 Å². The second-order valence-corrected chi connectivity index (χ2v) is 7.10. The van der Waals surface area contributed by atoms with Crippen molar-refractivity contribution in [1.82, 2.24) is 14.8 Å². The number of aromatic nitrogens is 1. The van der Waals surface area contributed by atoms with E-state index in [2.05, 4.69) is 16.9 Å².